The monoisotopic (exact) mass is 410 g/mol. The summed E-state index contributed by atoms with van der Waals surface area (Å²) >= 11 is 5.72. The second kappa shape index (κ2) is 7.84. The van der Waals surface area contributed by atoms with Crippen molar-refractivity contribution in [2.24, 2.45) is 0 Å². The van der Waals surface area contributed by atoms with E-state index in [4.69, 9.17) is 16.3 Å². The van der Waals surface area contributed by atoms with Gasteiger partial charge in [-0.05, 0) is 36.3 Å². The lowest BCUT2D eigenvalue weighted by atomic mass is 10.0. The number of hydrogen-bond donors (Lipinski definition) is 0. The number of allylic oxidation sites excluding steroid dienone is 4. The zero-order valence-electron chi connectivity index (χ0n) is 13.4. The fourth-order valence-corrected chi connectivity index (χ4v) is 3.35. The molecule has 3 nitrogen and oxygen atoms in total. The number of rotatable bonds is 4. The molecule has 1 aliphatic rings. The van der Waals surface area contributed by atoms with Crippen LogP contribution >= 0.6 is 11.6 Å². The van der Waals surface area contributed by atoms with Crippen LogP contribution < -0.4 is 4.74 Å². The maximum absolute atomic E-state index is 14.0. The van der Waals surface area contributed by atoms with Crippen molar-refractivity contribution in [3.63, 3.8) is 0 Å². The molecule has 0 bridgehead atoms. The molecule has 0 amide bonds. The van der Waals surface area contributed by atoms with E-state index in [0.717, 1.165) is 24.3 Å². The van der Waals surface area contributed by atoms with Gasteiger partial charge in [0, 0.05) is 28.8 Å². The summed E-state index contributed by atoms with van der Waals surface area (Å²) < 4.78 is 83.1. The minimum atomic E-state index is -4.30. The third-order valence-electron chi connectivity index (χ3n) is 3.59. The summed E-state index contributed by atoms with van der Waals surface area (Å²) in [5.41, 5.74) is -0.120. The molecular weight excluding hydrogens is 396 g/mol. The van der Waals surface area contributed by atoms with Crippen LogP contribution in [0.4, 0.5) is 17.6 Å². The fourth-order valence-electron chi connectivity index (χ4n) is 2.31. The molecule has 0 heterocycles. The summed E-state index contributed by atoms with van der Waals surface area (Å²) in [4.78, 5) is -0.479. The topological polar surface area (TPSA) is 43.4 Å². The zero-order valence-corrected chi connectivity index (χ0v) is 15.0. The highest BCUT2D eigenvalue weighted by molar-refractivity contribution is 7.95. The number of halogens is 5. The Labute approximate surface area is 153 Å². The van der Waals surface area contributed by atoms with Gasteiger partial charge in [0.25, 0.3) is 5.92 Å². The van der Waals surface area contributed by atoms with Gasteiger partial charge < -0.3 is 4.74 Å². The van der Waals surface area contributed by atoms with Gasteiger partial charge >= 0.3 is 0 Å². The molecule has 0 N–H and O–H groups in total. The normalized spacial score (nSPS) is 22.3. The van der Waals surface area contributed by atoms with Gasteiger partial charge in [-0.1, -0.05) is 18.2 Å². The van der Waals surface area contributed by atoms with E-state index < -0.39 is 51.8 Å². The maximum atomic E-state index is 14.0. The molecule has 9 heteroatoms. The Kier molecular flexibility index (Phi) is 6.18. The molecule has 0 atom stereocenters. The van der Waals surface area contributed by atoms with E-state index in [1.54, 1.807) is 0 Å². The van der Waals surface area contributed by atoms with Gasteiger partial charge in [-0.2, -0.15) is 0 Å². The van der Waals surface area contributed by atoms with Crippen LogP contribution in [0.15, 0.2) is 53.2 Å². The third kappa shape index (κ3) is 5.35. The van der Waals surface area contributed by atoms with E-state index in [-0.39, 0.29) is 22.1 Å². The summed E-state index contributed by atoms with van der Waals surface area (Å²) in [6.45, 7) is 3.53. The second-order valence-corrected chi connectivity index (χ2v) is 8.14. The molecular formula is C17H15ClF4O3S. The quantitative estimate of drug-likeness (QED) is 0.629. The molecule has 0 fully saturated rings. The van der Waals surface area contributed by atoms with Crippen LogP contribution in [0.1, 0.15) is 19.3 Å². The number of sulfone groups is 1. The molecule has 26 heavy (non-hydrogen) atoms. The lowest BCUT2D eigenvalue weighted by Gasteiger charge is -2.18. The van der Waals surface area contributed by atoms with Crippen molar-refractivity contribution < 1.29 is 30.7 Å². The van der Waals surface area contributed by atoms with Crippen LogP contribution in [-0.4, -0.2) is 20.3 Å². The highest BCUT2D eigenvalue weighted by Gasteiger charge is 2.33. The first-order chi connectivity index (χ1) is 12.0. The molecule has 1 aliphatic carbocycles. The predicted octanol–water partition coefficient (Wildman–Crippen LogP) is 5.34. The van der Waals surface area contributed by atoms with E-state index in [0.29, 0.717) is 0 Å². The first-order valence-corrected chi connectivity index (χ1v) is 9.45. The third-order valence-corrected chi connectivity index (χ3v) is 5.23. The van der Waals surface area contributed by atoms with Gasteiger partial charge in [-0.15, -0.1) is 0 Å². The lowest BCUT2D eigenvalue weighted by Crippen LogP contribution is -2.19. The largest absolute Gasteiger partial charge is 0.457 e. The summed E-state index contributed by atoms with van der Waals surface area (Å²) in [5, 5.41) is 0.0239. The van der Waals surface area contributed by atoms with E-state index in [9.17, 15) is 26.0 Å². The van der Waals surface area contributed by atoms with E-state index in [1.165, 1.54) is 6.07 Å². The van der Waals surface area contributed by atoms with Crippen molar-refractivity contribution in [1.82, 2.24) is 0 Å². The van der Waals surface area contributed by atoms with Crippen LogP contribution in [0.5, 0.6) is 5.75 Å². The highest BCUT2D eigenvalue weighted by atomic mass is 35.5. The molecule has 1 aromatic rings. The summed E-state index contributed by atoms with van der Waals surface area (Å²) in [6.07, 6.45) is -0.00635. The fraction of sp³-hybridized carbons (Fsp3) is 0.294. The Balaban J connectivity index is 2.46. The van der Waals surface area contributed by atoms with Crippen LogP contribution in [0, 0.1) is 5.82 Å². The smallest absolute Gasteiger partial charge is 0.252 e. The number of benzene rings is 1. The van der Waals surface area contributed by atoms with Crippen molar-refractivity contribution >= 4 is 21.4 Å². The van der Waals surface area contributed by atoms with Gasteiger partial charge in [0.1, 0.15) is 17.3 Å². The molecule has 0 saturated carbocycles. The summed E-state index contributed by atoms with van der Waals surface area (Å²) in [6, 6.07) is 1.57. The molecule has 2 rings (SSSR count). The van der Waals surface area contributed by atoms with Crippen LogP contribution in [-0.2, 0) is 9.84 Å². The number of hydrogen-bond acceptors (Lipinski definition) is 3. The Morgan fingerprint density at radius 3 is 2.54 bits per heavy atom. The minimum Gasteiger partial charge on any atom is -0.457 e. The van der Waals surface area contributed by atoms with Gasteiger partial charge in [0.2, 0.25) is 9.84 Å². The molecule has 142 valence electrons. The SMILES string of the molecule is C=C1CC(F)(F)CC/C(S(=O)(=O)CF)=C\C=C/1Oc1cc(F)cc(Cl)c1. The predicted molar refractivity (Wildman–Crippen MR) is 91.0 cm³/mol. The van der Waals surface area contributed by atoms with Gasteiger partial charge in [-0.25, -0.2) is 26.0 Å². The van der Waals surface area contributed by atoms with Crippen molar-refractivity contribution in [2.45, 2.75) is 25.2 Å². The molecule has 0 saturated heterocycles. The van der Waals surface area contributed by atoms with Gasteiger partial charge in [0.05, 0.1) is 0 Å². The number of alkyl halides is 3. The molecule has 0 aromatic heterocycles. The van der Waals surface area contributed by atoms with Gasteiger partial charge in [-0.3, -0.25) is 0 Å². The first kappa shape index (κ1) is 20.5. The average Bonchev–Trinajstić information content (AvgIpc) is 2.56. The number of ether oxygens (including phenoxy) is 1. The van der Waals surface area contributed by atoms with Crippen molar-refractivity contribution in [2.75, 3.05) is 6.01 Å². The van der Waals surface area contributed by atoms with Gasteiger partial charge in [0.15, 0.2) is 6.01 Å². The van der Waals surface area contributed by atoms with E-state index in [2.05, 4.69) is 6.58 Å². The highest BCUT2D eigenvalue weighted by Crippen LogP contribution is 2.35. The maximum Gasteiger partial charge on any atom is 0.252 e. The molecule has 0 radical (unpaired) electrons. The lowest BCUT2D eigenvalue weighted by molar-refractivity contribution is -0.00641. The Hall–Kier alpha value is -1.80. The van der Waals surface area contributed by atoms with Crippen molar-refractivity contribution in [1.29, 1.82) is 0 Å². The van der Waals surface area contributed by atoms with Crippen LogP contribution in [0.2, 0.25) is 5.02 Å². The molecule has 0 aliphatic heterocycles. The van der Waals surface area contributed by atoms with E-state index >= 15 is 0 Å². The van der Waals surface area contributed by atoms with E-state index in [1.807, 2.05) is 0 Å². The molecule has 1 aromatic carbocycles. The standard InChI is InChI=1S/C17H15ClF4O3S/c1-11-9-17(21,22)5-4-15(26(23,24)10-19)2-3-16(11)25-14-7-12(18)6-13(20)8-14/h2-3,6-8H,1,4-5,9-10H2/b15-2+,16-3+. The average molecular weight is 411 g/mol. The Morgan fingerprint density at radius 1 is 1.23 bits per heavy atom. The van der Waals surface area contributed by atoms with Crippen LogP contribution in [0.25, 0.3) is 0 Å². The Morgan fingerprint density at radius 2 is 1.92 bits per heavy atom. The minimum absolute atomic E-state index is 0.0239. The summed E-state index contributed by atoms with van der Waals surface area (Å²) in [7, 11) is -4.30. The van der Waals surface area contributed by atoms with Crippen LogP contribution in [0.3, 0.4) is 0 Å². The molecule has 0 unspecified atom stereocenters. The molecule has 0 spiro atoms. The zero-order chi connectivity index (χ0) is 19.5. The second-order valence-electron chi connectivity index (χ2n) is 5.73. The first-order valence-electron chi connectivity index (χ1n) is 7.42. The summed E-state index contributed by atoms with van der Waals surface area (Å²) in [5.74, 6) is -4.25. The van der Waals surface area contributed by atoms with Crippen molar-refractivity contribution in [3.8, 4) is 5.75 Å². The van der Waals surface area contributed by atoms with Crippen molar-refractivity contribution in [3.05, 3.63) is 64.0 Å². The Bertz CT molecular complexity index is 856.